The Morgan fingerprint density at radius 2 is 1.66 bits per heavy atom. The number of nitrogens with one attached hydrogen (secondary N) is 2. The minimum atomic E-state index is -0.644. The normalized spacial score (nSPS) is 12.7. The molecule has 1 aliphatic carbocycles. The highest BCUT2D eigenvalue weighted by Gasteiger charge is 2.20. The lowest BCUT2D eigenvalue weighted by Gasteiger charge is -2.24. The summed E-state index contributed by atoms with van der Waals surface area (Å²) in [5.74, 6) is -1.49. The van der Waals surface area contributed by atoms with Crippen molar-refractivity contribution < 1.29 is 23.5 Å². The van der Waals surface area contributed by atoms with Gasteiger partial charge >= 0.3 is 5.97 Å². The number of benzene rings is 3. The van der Waals surface area contributed by atoms with Gasteiger partial charge in [0.2, 0.25) is 0 Å². The molecule has 208 valence electrons. The molecular weight excluding hydrogens is 523 g/mol. The van der Waals surface area contributed by atoms with Crippen LogP contribution in [-0.4, -0.2) is 29.4 Å². The third kappa shape index (κ3) is 6.64. The Hall–Kier alpha value is -4.89. The van der Waals surface area contributed by atoms with E-state index in [-0.39, 0.29) is 18.1 Å². The average molecular weight is 553 g/mol. The highest BCUT2D eigenvalue weighted by atomic mass is 19.1. The Balaban J connectivity index is 1.32. The number of carbonyl (C=O) groups excluding carboxylic acids is 3. The molecule has 0 spiro atoms. The molecule has 5 rings (SSSR count). The van der Waals surface area contributed by atoms with E-state index in [9.17, 15) is 18.8 Å². The van der Waals surface area contributed by atoms with Crippen LogP contribution in [0.2, 0.25) is 0 Å². The number of rotatable bonds is 9. The van der Waals surface area contributed by atoms with Gasteiger partial charge in [-0.2, -0.15) is 0 Å². The molecule has 4 aromatic rings. The van der Waals surface area contributed by atoms with Crippen LogP contribution in [0.15, 0.2) is 85.2 Å². The Labute approximate surface area is 236 Å². The van der Waals surface area contributed by atoms with Crippen LogP contribution in [0.5, 0.6) is 0 Å². The topological polar surface area (TPSA) is 123 Å². The molecule has 41 heavy (non-hydrogen) atoms. The summed E-state index contributed by atoms with van der Waals surface area (Å²) in [5, 5.41) is 5.38. The fourth-order valence-corrected chi connectivity index (χ4v) is 4.53. The van der Waals surface area contributed by atoms with Crippen molar-refractivity contribution in [3.63, 3.8) is 0 Å². The van der Waals surface area contributed by atoms with E-state index >= 15 is 0 Å². The van der Waals surface area contributed by atoms with Crippen LogP contribution in [0.4, 0.5) is 15.8 Å². The lowest BCUT2D eigenvalue weighted by atomic mass is 9.86. The molecule has 1 heterocycles. The zero-order chi connectivity index (χ0) is 28.8. The molecule has 0 saturated heterocycles. The number of pyridine rings is 1. The van der Waals surface area contributed by atoms with Crippen molar-refractivity contribution in [2.75, 3.05) is 17.2 Å². The quantitative estimate of drug-likeness (QED) is 0.225. The van der Waals surface area contributed by atoms with Gasteiger partial charge in [-0.25, -0.2) is 9.18 Å². The van der Waals surface area contributed by atoms with Gasteiger partial charge in [0.15, 0.2) is 5.82 Å². The molecule has 0 atom stereocenters. The van der Waals surface area contributed by atoms with Gasteiger partial charge in [-0.3, -0.25) is 14.6 Å². The maximum atomic E-state index is 14.0. The summed E-state index contributed by atoms with van der Waals surface area (Å²) in [6.45, 7) is 0.618. The predicted octanol–water partition coefficient (Wildman–Crippen LogP) is 5.81. The smallest absolute Gasteiger partial charge is 0.338 e. The van der Waals surface area contributed by atoms with E-state index < -0.39 is 17.7 Å². The molecule has 8 nitrogen and oxygen atoms in total. The second-order valence-corrected chi connectivity index (χ2v) is 9.90. The molecule has 0 aliphatic heterocycles. The highest BCUT2D eigenvalue weighted by molar-refractivity contribution is 6.07. The van der Waals surface area contributed by atoms with Crippen LogP contribution in [0, 0.1) is 11.7 Å². The van der Waals surface area contributed by atoms with Gasteiger partial charge in [-0.1, -0.05) is 30.7 Å². The average Bonchev–Trinajstić information content (AvgIpc) is 2.97. The van der Waals surface area contributed by atoms with Crippen molar-refractivity contribution in [2.24, 2.45) is 11.7 Å². The van der Waals surface area contributed by atoms with Gasteiger partial charge in [-0.05, 0) is 84.0 Å². The Bertz CT molecular complexity index is 1600. The maximum absolute atomic E-state index is 14.0. The molecule has 1 saturated carbocycles. The van der Waals surface area contributed by atoms with E-state index in [4.69, 9.17) is 10.5 Å². The molecular formula is C32H29FN4O4. The Morgan fingerprint density at radius 3 is 2.41 bits per heavy atom. The number of hydrogen-bond acceptors (Lipinski definition) is 6. The van der Waals surface area contributed by atoms with Crippen molar-refractivity contribution in [3.05, 3.63) is 113 Å². The molecule has 1 fully saturated rings. The minimum absolute atomic E-state index is 0.0174. The molecule has 2 amide bonds. The van der Waals surface area contributed by atoms with Gasteiger partial charge < -0.3 is 21.1 Å². The fourth-order valence-electron chi connectivity index (χ4n) is 4.53. The number of aromatic nitrogens is 1. The summed E-state index contributed by atoms with van der Waals surface area (Å²) in [6.07, 6.45) is 5.74. The first-order chi connectivity index (χ1) is 19.9. The SMILES string of the molecule is NCc1ccc(C(=O)Nc2ccncc2F)cc1-c1cccc(C(=O)Nc2cccc(C(=O)OCC3CCC3)c2)c1. The molecule has 0 bridgehead atoms. The van der Waals surface area contributed by atoms with Crippen LogP contribution in [0.3, 0.4) is 0 Å². The van der Waals surface area contributed by atoms with Crippen molar-refractivity contribution >= 4 is 29.2 Å². The fraction of sp³-hybridized carbons (Fsp3) is 0.188. The van der Waals surface area contributed by atoms with Crippen molar-refractivity contribution in [1.82, 2.24) is 4.98 Å². The summed E-state index contributed by atoms with van der Waals surface area (Å²) in [6, 6.07) is 19.9. The van der Waals surface area contributed by atoms with E-state index in [1.807, 2.05) is 6.07 Å². The zero-order valence-corrected chi connectivity index (χ0v) is 22.2. The molecule has 0 radical (unpaired) electrons. The summed E-state index contributed by atoms with van der Waals surface area (Å²) < 4.78 is 19.4. The molecule has 0 unspecified atom stereocenters. The monoisotopic (exact) mass is 552 g/mol. The Morgan fingerprint density at radius 1 is 0.902 bits per heavy atom. The third-order valence-electron chi connectivity index (χ3n) is 7.08. The maximum Gasteiger partial charge on any atom is 0.338 e. The molecule has 9 heteroatoms. The van der Waals surface area contributed by atoms with E-state index in [1.165, 1.54) is 18.7 Å². The number of esters is 1. The third-order valence-corrected chi connectivity index (χ3v) is 7.08. The van der Waals surface area contributed by atoms with Gasteiger partial charge in [-0.15, -0.1) is 0 Å². The van der Waals surface area contributed by atoms with Gasteiger partial charge in [0.1, 0.15) is 0 Å². The summed E-state index contributed by atoms with van der Waals surface area (Å²) >= 11 is 0. The largest absolute Gasteiger partial charge is 0.462 e. The standard InChI is InChI=1S/C32H29FN4O4/c33-28-18-35-13-12-29(28)37-31(39)23-10-11-25(17-34)27(16-23)21-6-2-7-22(14-21)30(38)36-26-9-3-8-24(15-26)32(40)41-19-20-4-1-5-20/h2-3,6-16,18,20H,1,4-5,17,19,34H2,(H,36,38)(H,35,37,39). The molecule has 4 N–H and O–H groups in total. The lowest BCUT2D eigenvalue weighted by Crippen LogP contribution is -2.20. The number of anilines is 2. The number of halogens is 1. The molecule has 1 aliphatic rings. The summed E-state index contributed by atoms with van der Waals surface area (Å²) in [7, 11) is 0. The Kier molecular flexibility index (Phi) is 8.45. The summed E-state index contributed by atoms with van der Waals surface area (Å²) in [5.41, 5.74) is 9.59. The zero-order valence-electron chi connectivity index (χ0n) is 22.2. The molecule has 3 aromatic carbocycles. The number of hydrogen-bond donors (Lipinski definition) is 3. The second kappa shape index (κ2) is 12.5. The second-order valence-electron chi connectivity index (χ2n) is 9.90. The first kappa shape index (κ1) is 27.7. The minimum Gasteiger partial charge on any atom is -0.462 e. The van der Waals surface area contributed by atoms with Crippen LogP contribution in [-0.2, 0) is 11.3 Å². The number of ether oxygens (including phenoxy) is 1. The van der Waals surface area contributed by atoms with Gasteiger partial charge in [0.05, 0.1) is 24.1 Å². The van der Waals surface area contributed by atoms with Crippen LogP contribution >= 0.6 is 0 Å². The van der Waals surface area contributed by atoms with E-state index in [0.717, 1.165) is 24.6 Å². The van der Waals surface area contributed by atoms with Gasteiger partial charge in [0, 0.05) is 29.6 Å². The van der Waals surface area contributed by atoms with Crippen LogP contribution in [0.25, 0.3) is 11.1 Å². The van der Waals surface area contributed by atoms with Crippen molar-refractivity contribution in [3.8, 4) is 11.1 Å². The van der Waals surface area contributed by atoms with Gasteiger partial charge in [0.25, 0.3) is 11.8 Å². The number of carbonyl (C=O) groups is 3. The first-order valence-corrected chi connectivity index (χ1v) is 13.3. The highest BCUT2D eigenvalue weighted by Crippen LogP contribution is 2.28. The lowest BCUT2D eigenvalue weighted by molar-refractivity contribution is 0.0371. The number of nitrogens with two attached hydrogens (primary N) is 1. The van der Waals surface area contributed by atoms with E-state index in [0.29, 0.717) is 46.0 Å². The molecule has 1 aromatic heterocycles. The number of amides is 2. The predicted molar refractivity (Wildman–Crippen MR) is 154 cm³/mol. The van der Waals surface area contributed by atoms with Crippen LogP contribution < -0.4 is 16.4 Å². The van der Waals surface area contributed by atoms with Crippen LogP contribution in [0.1, 0.15) is 55.9 Å². The number of nitrogens with zero attached hydrogens (tertiary/aromatic N) is 1. The summed E-state index contributed by atoms with van der Waals surface area (Å²) in [4.78, 5) is 42.2. The van der Waals surface area contributed by atoms with Crippen molar-refractivity contribution in [2.45, 2.75) is 25.8 Å². The van der Waals surface area contributed by atoms with E-state index in [2.05, 4.69) is 15.6 Å². The van der Waals surface area contributed by atoms with Crippen molar-refractivity contribution in [1.29, 1.82) is 0 Å². The first-order valence-electron chi connectivity index (χ1n) is 13.3. The van der Waals surface area contributed by atoms with E-state index in [1.54, 1.807) is 60.7 Å².